The SMILES string of the molecule is CCOc1ccccc1N1C[C@H](C(=O)NCCc2cccc3cccnc23)CC1=O. The Morgan fingerprint density at radius 1 is 1.17 bits per heavy atom. The van der Waals surface area contributed by atoms with Gasteiger partial charge < -0.3 is 15.0 Å². The van der Waals surface area contributed by atoms with Gasteiger partial charge in [-0.15, -0.1) is 0 Å². The minimum atomic E-state index is -0.363. The molecule has 3 aromatic rings. The first-order valence-electron chi connectivity index (χ1n) is 10.3. The molecule has 6 heteroatoms. The van der Waals surface area contributed by atoms with Gasteiger partial charge in [-0.25, -0.2) is 0 Å². The lowest BCUT2D eigenvalue weighted by Gasteiger charge is -2.20. The molecule has 0 bridgehead atoms. The van der Waals surface area contributed by atoms with Crippen molar-refractivity contribution in [1.82, 2.24) is 10.3 Å². The van der Waals surface area contributed by atoms with Crippen LogP contribution < -0.4 is 15.0 Å². The number of rotatable bonds is 7. The molecule has 1 saturated heterocycles. The van der Waals surface area contributed by atoms with Crippen molar-refractivity contribution in [3.63, 3.8) is 0 Å². The van der Waals surface area contributed by atoms with Crippen molar-refractivity contribution in [2.45, 2.75) is 19.8 Å². The van der Waals surface area contributed by atoms with Crippen LogP contribution in [0.1, 0.15) is 18.9 Å². The predicted octanol–water partition coefficient (Wildman–Crippen LogP) is 3.35. The third-order valence-corrected chi connectivity index (χ3v) is 5.36. The Bertz CT molecular complexity index is 1060. The molecule has 1 aliphatic heterocycles. The second-order valence-electron chi connectivity index (χ2n) is 7.34. The van der Waals surface area contributed by atoms with E-state index in [1.165, 1.54) is 0 Å². The fourth-order valence-electron chi connectivity index (χ4n) is 3.91. The Labute approximate surface area is 175 Å². The number of hydrogen-bond donors (Lipinski definition) is 1. The summed E-state index contributed by atoms with van der Waals surface area (Å²) >= 11 is 0. The van der Waals surface area contributed by atoms with Gasteiger partial charge in [-0.2, -0.15) is 0 Å². The summed E-state index contributed by atoms with van der Waals surface area (Å²) in [7, 11) is 0. The molecule has 0 unspecified atom stereocenters. The van der Waals surface area contributed by atoms with Gasteiger partial charge in [-0.05, 0) is 37.1 Å². The molecule has 1 N–H and O–H groups in total. The van der Waals surface area contributed by atoms with Gasteiger partial charge in [0, 0.05) is 31.1 Å². The van der Waals surface area contributed by atoms with Crippen LogP contribution in [0, 0.1) is 5.92 Å². The highest BCUT2D eigenvalue weighted by Gasteiger charge is 2.36. The highest BCUT2D eigenvalue weighted by molar-refractivity contribution is 6.01. The fraction of sp³-hybridized carbons (Fsp3) is 0.292. The minimum absolute atomic E-state index is 0.0550. The maximum absolute atomic E-state index is 12.7. The number of aromatic nitrogens is 1. The largest absolute Gasteiger partial charge is 0.492 e. The van der Waals surface area contributed by atoms with Crippen molar-refractivity contribution in [1.29, 1.82) is 0 Å². The molecular weight excluding hydrogens is 378 g/mol. The van der Waals surface area contributed by atoms with Crippen molar-refractivity contribution in [3.8, 4) is 5.75 Å². The van der Waals surface area contributed by atoms with E-state index >= 15 is 0 Å². The average Bonchev–Trinajstić information content (AvgIpc) is 3.16. The lowest BCUT2D eigenvalue weighted by atomic mass is 10.1. The molecule has 30 heavy (non-hydrogen) atoms. The second kappa shape index (κ2) is 8.95. The summed E-state index contributed by atoms with van der Waals surface area (Å²) in [4.78, 5) is 31.4. The zero-order valence-electron chi connectivity index (χ0n) is 17.0. The maximum atomic E-state index is 12.7. The fourth-order valence-corrected chi connectivity index (χ4v) is 3.91. The number of anilines is 1. The molecule has 0 saturated carbocycles. The highest BCUT2D eigenvalue weighted by atomic mass is 16.5. The van der Waals surface area contributed by atoms with Crippen LogP contribution in [0.3, 0.4) is 0 Å². The monoisotopic (exact) mass is 403 g/mol. The number of para-hydroxylation sites is 3. The van der Waals surface area contributed by atoms with Gasteiger partial charge >= 0.3 is 0 Å². The number of pyridine rings is 1. The van der Waals surface area contributed by atoms with E-state index in [9.17, 15) is 9.59 Å². The number of ether oxygens (including phenoxy) is 1. The molecular formula is C24H25N3O3. The molecule has 2 heterocycles. The number of fused-ring (bicyclic) bond motifs is 1. The summed E-state index contributed by atoms with van der Waals surface area (Å²) in [5, 5.41) is 4.08. The van der Waals surface area contributed by atoms with Crippen LogP contribution >= 0.6 is 0 Å². The van der Waals surface area contributed by atoms with E-state index in [4.69, 9.17) is 4.74 Å². The van der Waals surface area contributed by atoms with Crippen LogP contribution in [0.5, 0.6) is 5.75 Å². The van der Waals surface area contributed by atoms with Gasteiger partial charge in [0.25, 0.3) is 0 Å². The topological polar surface area (TPSA) is 71.5 Å². The molecule has 1 atom stereocenters. The Kier molecular flexibility index (Phi) is 5.93. The average molecular weight is 403 g/mol. The Morgan fingerprint density at radius 2 is 2.00 bits per heavy atom. The van der Waals surface area contributed by atoms with Crippen LogP contribution in [-0.4, -0.2) is 36.5 Å². The van der Waals surface area contributed by atoms with E-state index in [0.29, 0.717) is 31.9 Å². The summed E-state index contributed by atoms with van der Waals surface area (Å²) in [6.45, 7) is 3.30. The summed E-state index contributed by atoms with van der Waals surface area (Å²) in [5.74, 6) is 0.157. The first kappa shape index (κ1) is 19.9. The van der Waals surface area contributed by atoms with Crippen LogP contribution in [0.4, 0.5) is 5.69 Å². The standard InChI is InChI=1S/C24H25N3O3/c1-2-30-21-11-4-3-10-20(21)27-16-19(15-22(27)28)24(29)26-14-12-18-8-5-7-17-9-6-13-25-23(17)18/h3-11,13,19H,2,12,14-16H2,1H3,(H,26,29)/t19-/m1/s1. The van der Waals surface area contributed by atoms with Crippen molar-refractivity contribution in [2.75, 3.05) is 24.6 Å². The van der Waals surface area contributed by atoms with Gasteiger partial charge in [0.1, 0.15) is 5.75 Å². The van der Waals surface area contributed by atoms with E-state index in [2.05, 4.69) is 10.3 Å². The number of carbonyl (C=O) groups is 2. The van der Waals surface area contributed by atoms with Crippen molar-refractivity contribution < 1.29 is 14.3 Å². The van der Waals surface area contributed by atoms with E-state index in [-0.39, 0.29) is 24.2 Å². The van der Waals surface area contributed by atoms with Crippen LogP contribution in [0.15, 0.2) is 60.8 Å². The minimum Gasteiger partial charge on any atom is -0.492 e. The number of hydrogen-bond acceptors (Lipinski definition) is 4. The lowest BCUT2D eigenvalue weighted by molar-refractivity contribution is -0.126. The molecule has 1 aromatic heterocycles. The third-order valence-electron chi connectivity index (χ3n) is 5.36. The van der Waals surface area contributed by atoms with Crippen LogP contribution in [0.25, 0.3) is 10.9 Å². The first-order chi connectivity index (χ1) is 14.7. The van der Waals surface area contributed by atoms with E-state index in [1.54, 1.807) is 11.1 Å². The molecule has 0 aliphatic carbocycles. The molecule has 6 nitrogen and oxygen atoms in total. The summed E-state index contributed by atoms with van der Waals surface area (Å²) in [5.41, 5.74) is 2.79. The molecule has 154 valence electrons. The van der Waals surface area contributed by atoms with Gasteiger partial charge in [0.15, 0.2) is 0 Å². The number of nitrogens with one attached hydrogen (secondary N) is 1. The van der Waals surface area contributed by atoms with Gasteiger partial charge in [0.05, 0.1) is 23.7 Å². The molecule has 4 rings (SSSR count). The zero-order chi connectivity index (χ0) is 20.9. The summed E-state index contributed by atoms with van der Waals surface area (Å²) < 4.78 is 5.64. The quantitative estimate of drug-likeness (QED) is 0.657. The van der Waals surface area contributed by atoms with Gasteiger partial charge in [0.2, 0.25) is 11.8 Å². The van der Waals surface area contributed by atoms with Crippen molar-refractivity contribution in [2.24, 2.45) is 5.92 Å². The van der Waals surface area contributed by atoms with E-state index < -0.39 is 0 Å². The van der Waals surface area contributed by atoms with Gasteiger partial charge in [-0.1, -0.05) is 36.4 Å². The van der Waals surface area contributed by atoms with Gasteiger partial charge in [-0.3, -0.25) is 14.6 Å². The predicted molar refractivity (Wildman–Crippen MR) is 117 cm³/mol. The Morgan fingerprint density at radius 3 is 2.87 bits per heavy atom. The Hall–Kier alpha value is -3.41. The van der Waals surface area contributed by atoms with E-state index in [1.807, 2.05) is 61.5 Å². The van der Waals surface area contributed by atoms with E-state index in [0.717, 1.165) is 22.2 Å². The number of amides is 2. The smallest absolute Gasteiger partial charge is 0.227 e. The molecule has 2 amide bonds. The molecule has 1 fully saturated rings. The highest BCUT2D eigenvalue weighted by Crippen LogP contribution is 2.33. The number of benzene rings is 2. The summed E-state index contributed by atoms with van der Waals surface area (Å²) in [6, 6.07) is 17.5. The maximum Gasteiger partial charge on any atom is 0.227 e. The third kappa shape index (κ3) is 4.13. The van der Waals surface area contributed by atoms with Crippen LogP contribution in [0.2, 0.25) is 0 Å². The molecule has 0 radical (unpaired) electrons. The van der Waals surface area contributed by atoms with Crippen molar-refractivity contribution >= 4 is 28.4 Å². The zero-order valence-corrected chi connectivity index (χ0v) is 17.0. The molecule has 2 aromatic carbocycles. The molecule has 0 spiro atoms. The van der Waals surface area contributed by atoms with Crippen LogP contribution in [-0.2, 0) is 16.0 Å². The number of carbonyl (C=O) groups excluding carboxylic acids is 2. The number of nitrogens with zero attached hydrogens (tertiary/aromatic N) is 2. The van der Waals surface area contributed by atoms with Crippen molar-refractivity contribution in [3.05, 3.63) is 66.4 Å². The molecule has 1 aliphatic rings. The Balaban J connectivity index is 1.37. The second-order valence-corrected chi connectivity index (χ2v) is 7.34. The summed E-state index contributed by atoms with van der Waals surface area (Å²) in [6.07, 6.45) is 2.68. The first-order valence-corrected chi connectivity index (χ1v) is 10.3. The lowest BCUT2D eigenvalue weighted by Crippen LogP contribution is -2.34. The normalized spacial score (nSPS) is 16.1.